The Morgan fingerprint density at radius 1 is 1.44 bits per heavy atom. The predicted octanol–water partition coefficient (Wildman–Crippen LogP) is 1.73. The van der Waals surface area contributed by atoms with E-state index in [0.29, 0.717) is 17.5 Å². The van der Waals surface area contributed by atoms with Crippen molar-refractivity contribution in [2.45, 2.75) is 46.2 Å². The molecule has 0 amide bonds. The van der Waals surface area contributed by atoms with Gasteiger partial charge in [-0.3, -0.25) is 4.90 Å². The van der Waals surface area contributed by atoms with Crippen LogP contribution in [0.15, 0.2) is 0 Å². The monoisotopic (exact) mass is 228 g/mol. The molecule has 0 bridgehead atoms. The van der Waals surface area contributed by atoms with Gasteiger partial charge in [-0.15, -0.1) is 0 Å². The zero-order valence-corrected chi connectivity index (χ0v) is 11.5. The molecule has 0 saturated carbocycles. The standard InChI is InChI=1S/C13H28N2O/c1-11(6-9-16-5)15-8-7-14-12(10-15)13(2,3)4/h11-12,14H,6-10H2,1-5H3. The predicted molar refractivity (Wildman–Crippen MR) is 68.8 cm³/mol. The van der Waals surface area contributed by atoms with E-state index in [-0.39, 0.29) is 0 Å². The highest BCUT2D eigenvalue weighted by molar-refractivity contribution is 4.88. The molecule has 2 unspecified atom stereocenters. The highest BCUT2D eigenvalue weighted by Gasteiger charge is 2.30. The van der Waals surface area contributed by atoms with Gasteiger partial charge in [-0.1, -0.05) is 20.8 Å². The highest BCUT2D eigenvalue weighted by Crippen LogP contribution is 2.23. The van der Waals surface area contributed by atoms with E-state index in [1.54, 1.807) is 7.11 Å². The summed E-state index contributed by atoms with van der Waals surface area (Å²) in [4.78, 5) is 2.59. The van der Waals surface area contributed by atoms with Crippen LogP contribution < -0.4 is 5.32 Å². The van der Waals surface area contributed by atoms with Crippen molar-refractivity contribution in [3.8, 4) is 0 Å². The summed E-state index contributed by atoms with van der Waals surface area (Å²) in [5, 5.41) is 3.63. The zero-order chi connectivity index (χ0) is 12.2. The molecule has 2 atom stereocenters. The maximum atomic E-state index is 5.16. The van der Waals surface area contributed by atoms with Gasteiger partial charge in [-0.2, -0.15) is 0 Å². The average molecular weight is 228 g/mol. The lowest BCUT2D eigenvalue weighted by molar-refractivity contribution is 0.0840. The van der Waals surface area contributed by atoms with Crippen molar-refractivity contribution in [2.24, 2.45) is 5.41 Å². The summed E-state index contributed by atoms with van der Waals surface area (Å²) in [6.45, 7) is 13.6. The molecule has 1 rings (SSSR count). The van der Waals surface area contributed by atoms with E-state index in [1.165, 1.54) is 0 Å². The Morgan fingerprint density at radius 3 is 2.69 bits per heavy atom. The summed E-state index contributed by atoms with van der Waals surface area (Å²) in [5.74, 6) is 0. The maximum Gasteiger partial charge on any atom is 0.0477 e. The quantitative estimate of drug-likeness (QED) is 0.793. The largest absolute Gasteiger partial charge is 0.385 e. The number of hydrogen-bond donors (Lipinski definition) is 1. The van der Waals surface area contributed by atoms with Gasteiger partial charge in [0.05, 0.1) is 0 Å². The van der Waals surface area contributed by atoms with Crippen LogP contribution in [-0.4, -0.2) is 50.3 Å². The van der Waals surface area contributed by atoms with Crippen LogP contribution in [-0.2, 0) is 4.74 Å². The molecule has 1 fully saturated rings. The van der Waals surface area contributed by atoms with Crippen LogP contribution in [0.4, 0.5) is 0 Å². The van der Waals surface area contributed by atoms with Crippen LogP contribution in [0.3, 0.4) is 0 Å². The van der Waals surface area contributed by atoms with Crippen LogP contribution in [0.2, 0.25) is 0 Å². The third-order valence-electron chi connectivity index (χ3n) is 3.62. The smallest absolute Gasteiger partial charge is 0.0477 e. The number of piperazine rings is 1. The Kier molecular flexibility index (Phi) is 5.22. The van der Waals surface area contributed by atoms with Crippen molar-refractivity contribution in [1.29, 1.82) is 0 Å². The molecule has 3 heteroatoms. The van der Waals surface area contributed by atoms with Crippen LogP contribution in [0, 0.1) is 5.41 Å². The fraction of sp³-hybridized carbons (Fsp3) is 1.00. The summed E-state index contributed by atoms with van der Waals surface area (Å²) in [7, 11) is 1.78. The Labute approximate surface area is 101 Å². The molecule has 0 aromatic carbocycles. The van der Waals surface area contributed by atoms with Gasteiger partial charge in [-0.25, -0.2) is 0 Å². The molecule has 0 aromatic heterocycles. The van der Waals surface area contributed by atoms with Gasteiger partial charge in [0.15, 0.2) is 0 Å². The molecule has 1 aliphatic rings. The van der Waals surface area contributed by atoms with Gasteiger partial charge < -0.3 is 10.1 Å². The number of ether oxygens (including phenoxy) is 1. The molecule has 1 heterocycles. The van der Waals surface area contributed by atoms with Crippen molar-refractivity contribution in [2.75, 3.05) is 33.4 Å². The number of nitrogens with zero attached hydrogens (tertiary/aromatic N) is 1. The molecule has 1 aliphatic heterocycles. The second kappa shape index (κ2) is 5.99. The maximum absolute atomic E-state index is 5.16. The van der Waals surface area contributed by atoms with E-state index in [9.17, 15) is 0 Å². The van der Waals surface area contributed by atoms with Crippen molar-refractivity contribution in [3.05, 3.63) is 0 Å². The number of rotatable bonds is 4. The summed E-state index contributed by atoms with van der Waals surface area (Å²) < 4.78 is 5.16. The van der Waals surface area contributed by atoms with Crippen LogP contribution in [0.5, 0.6) is 0 Å². The Balaban J connectivity index is 2.43. The third-order valence-corrected chi connectivity index (χ3v) is 3.62. The normalized spacial score (nSPS) is 25.7. The minimum absolute atomic E-state index is 0.347. The first kappa shape index (κ1) is 13.9. The Bertz CT molecular complexity index is 201. The highest BCUT2D eigenvalue weighted by atomic mass is 16.5. The third kappa shape index (κ3) is 4.04. The molecule has 0 radical (unpaired) electrons. The average Bonchev–Trinajstić information content (AvgIpc) is 2.25. The Hall–Kier alpha value is -0.120. The van der Waals surface area contributed by atoms with E-state index < -0.39 is 0 Å². The minimum atomic E-state index is 0.347. The van der Waals surface area contributed by atoms with Crippen LogP contribution in [0.25, 0.3) is 0 Å². The van der Waals surface area contributed by atoms with Gasteiger partial charge in [0.1, 0.15) is 0 Å². The molecule has 16 heavy (non-hydrogen) atoms. The zero-order valence-electron chi connectivity index (χ0n) is 11.5. The van der Waals surface area contributed by atoms with Gasteiger partial charge in [0.25, 0.3) is 0 Å². The number of methoxy groups -OCH3 is 1. The van der Waals surface area contributed by atoms with Gasteiger partial charge in [0, 0.05) is 45.4 Å². The van der Waals surface area contributed by atoms with Crippen molar-refractivity contribution in [1.82, 2.24) is 10.2 Å². The lowest BCUT2D eigenvalue weighted by Gasteiger charge is -2.42. The lowest BCUT2D eigenvalue weighted by atomic mass is 9.85. The van der Waals surface area contributed by atoms with Gasteiger partial charge in [0.2, 0.25) is 0 Å². The van der Waals surface area contributed by atoms with Gasteiger partial charge in [-0.05, 0) is 18.8 Å². The van der Waals surface area contributed by atoms with E-state index in [2.05, 4.69) is 37.9 Å². The molecular weight excluding hydrogens is 200 g/mol. The second-order valence-corrected chi connectivity index (χ2v) is 6.00. The summed E-state index contributed by atoms with van der Waals surface area (Å²) in [6, 6.07) is 1.23. The summed E-state index contributed by atoms with van der Waals surface area (Å²) in [5.41, 5.74) is 0.347. The van der Waals surface area contributed by atoms with E-state index in [1.807, 2.05) is 0 Å². The first-order valence-corrected chi connectivity index (χ1v) is 6.41. The van der Waals surface area contributed by atoms with Crippen molar-refractivity contribution >= 4 is 0 Å². The van der Waals surface area contributed by atoms with E-state index >= 15 is 0 Å². The van der Waals surface area contributed by atoms with Crippen LogP contribution >= 0.6 is 0 Å². The van der Waals surface area contributed by atoms with Gasteiger partial charge >= 0.3 is 0 Å². The second-order valence-electron chi connectivity index (χ2n) is 6.00. The first-order valence-electron chi connectivity index (χ1n) is 6.41. The molecule has 96 valence electrons. The molecule has 0 aromatic rings. The fourth-order valence-corrected chi connectivity index (χ4v) is 2.22. The topological polar surface area (TPSA) is 24.5 Å². The van der Waals surface area contributed by atoms with E-state index in [4.69, 9.17) is 4.74 Å². The molecular formula is C13H28N2O. The summed E-state index contributed by atoms with van der Waals surface area (Å²) in [6.07, 6.45) is 1.13. The molecule has 1 saturated heterocycles. The fourth-order valence-electron chi connectivity index (χ4n) is 2.22. The van der Waals surface area contributed by atoms with Crippen molar-refractivity contribution in [3.63, 3.8) is 0 Å². The molecule has 0 spiro atoms. The molecule has 0 aliphatic carbocycles. The number of nitrogens with one attached hydrogen (secondary N) is 1. The van der Waals surface area contributed by atoms with E-state index in [0.717, 1.165) is 32.7 Å². The Morgan fingerprint density at radius 2 is 2.12 bits per heavy atom. The summed E-state index contributed by atoms with van der Waals surface area (Å²) >= 11 is 0. The first-order chi connectivity index (χ1) is 7.45. The molecule has 1 N–H and O–H groups in total. The minimum Gasteiger partial charge on any atom is -0.385 e. The lowest BCUT2D eigenvalue weighted by Crippen LogP contribution is -2.57. The molecule has 3 nitrogen and oxygen atoms in total. The van der Waals surface area contributed by atoms with Crippen molar-refractivity contribution < 1.29 is 4.74 Å². The number of hydrogen-bond acceptors (Lipinski definition) is 3. The van der Waals surface area contributed by atoms with Crippen LogP contribution in [0.1, 0.15) is 34.1 Å². The SMILES string of the molecule is COCCC(C)N1CCNC(C(C)(C)C)C1.